The fraction of sp³-hybridized carbons (Fsp3) is 0.800. The molecule has 1 aliphatic rings. The summed E-state index contributed by atoms with van der Waals surface area (Å²) >= 11 is 0. The molecule has 0 bridgehead atoms. The predicted molar refractivity (Wildman–Crippen MR) is 39.9 cm³/mol. The minimum absolute atomic E-state index is 0.162. The van der Waals surface area contributed by atoms with Gasteiger partial charge in [0.15, 0.2) is 0 Å². The Bertz CT molecular complexity index is 245. The average molecular weight is 210 g/mol. The Morgan fingerprint density at radius 1 is 1.69 bits per heavy atom. The molecule has 75 valence electrons. The van der Waals surface area contributed by atoms with Crippen molar-refractivity contribution < 1.29 is 29.0 Å². The van der Waals surface area contributed by atoms with E-state index in [0.717, 1.165) is 0 Å². The summed E-state index contributed by atoms with van der Waals surface area (Å²) in [6.45, 7) is 0.219. The van der Waals surface area contributed by atoms with Crippen LogP contribution < -0.4 is 5.32 Å². The van der Waals surface area contributed by atoms with E-state index < -0.39 is 26.1 Å². The number of hydrogen-bond acceptors (Lipinski definition) is 5. The van der Waals surface area contributed by atoms with Crippen molar-refractivity contribution in [3.05, 3.63) is 0 Å². The third kappa shape index (κ3) is 1.84. The third-order valence-corrected chi connectivity index (χ3v) is 2.26. The van der Waals surface area contributed by atoms with Crippen LogP contribution in [-0.4, -0.2) is 39.4 Å². The van der Waals surface area contributed by atoms with E-state index in [9.17, 15) is 14.5 Å². The Hall–Kier alpha value is -0.590. The second-order valence-electron chi connectivity index (χ2n) is 2.60. The molecule has 0 aliphatic carbocycles. The Balaban J connectivity index is 2.87. The lowest BCUT2D eigenvalue weighted by atomic mass is 10.1. The van der Waals surface area contributed by atoms with Crippen molar-refractivity contribution in [2.24, 2.45) is 0 Å². The third-order valence-electron chi connectivity index (χ3n) is 1.81. The highest BCUT2D eigenvalue weighted by molar-refractivity contribution is 7.32. The van der Waals surface area contributed by atoms with Crippen molar-refractivity contribution >= 4 is 14.2 Å². The molecular weight excluding hydrogens is 201 g/mol. The van der Waals surface area contributed by atoms with Gasteiger partial charge in [-0.05, 0) is 6.42 Å². The maximum atomic E-state index is 10.7. The normalized spacial score (nSPS) is 34.6. The van der Waals surface area contributed by atoms with Gasteiger partial charge in [-0.1, -0.05) is 0 Å². The van der Waals surface area contributed by atoms with Crippen LogP contribution >= 0.6 is 8.25 Å². The van der Waals surface area contributed by atoms with Crippen LogP contribution in [-0.2, 0) is 13.9 Å². The van der Waals surface area contributed by atoms with Crippen LogP contribution in [0.2, 0.25) is 0 Å². The molecule has 0 aromatic rings. The van der Waals surface area contributed by atoms with Gasteiger partial charge in [0.2, 0.25) is 0 Å². The molecule has 2 unspecified atom stereocenters. The molecule has 1 radical (unpaired) electrons. The zero-order valence-corrected chi connectivity index (χ0v) is 7.40. The van der Waals surface area contributed by atoms with E-state index in [1.807, 2.05) is 0 Å². The number of carboxylic acid groups (broad SMARTS) is 1. The molecule has 0 spiro atoms. The van der Waals surface area contributed by atoms with Crippen molar-refractivity contribution in [1.29, 1.82) is 0 Å². The first kappa shape index (κ1) is 10.5. The maximum Gasteiger partial charge on any atom is 0.368 e. The molecule has 7 nitrogen and oxygen atoms in total. The molecule has 8 heteroatoms. The molecule has 1 saturated heterocycles. The van der Waals surface area contributed by atoms with Crippen molar-refractivity contribution in [3.8, 4) is 0 Å². The van der Waals surface area contributed by atoms with E-state index in [2.05, 4.69) is 9.84 Å². The van der Waals surface area contributed by atoms with Crippen LogP contribution in [0.3, 0.4) is 0 Å². The number of aliphatic hydroxyl groups is 1. The summed E-state index contributed by atoms with van der Waals surface area (Å²) in [6, 6.07) is 0. The highest BCUT2D eigenvalue weighted by atomic mass is 31.1. The molecule has 1 rings (SSSR count). The van der Waals surface area contributed by atoms with Crippen molar-refractivity contribution in [2.75, 3.05) is 6.54 Å². The van der Waals surface area contributed by atoms with Gasteiger partial charge in [-0.2, -0.15) is 0 Å². The maximum absolute atomic E-state index is 10.7. The predicted octanol–water partition coefficient (Wildman–Crippen LogP) is -1.21. The fourth-order valence-corrected chi connectivity index (χ4v) is 1.70. The molecule has 1 aliphatic heterocycles. The summed E-state index contributed by atoms with van der Waals surface area (Å²) in [7, 11) is -3.07. The molecule has 13 heavy (non-hydrogen) atoms. The molecule has 0 aromatic carbocycles. The summed E-state index contributed by atoms with van der Waals surface area (Å²) in [5.74, 6) is -1.50. The van der Waals surface area contributed by atoms with Gasteiger partial charge >= 0.3 is 14.2 Å². The molecule has 4 N–H and O–H groups in total. The zero-order valence-electron chi connectivity index (χ0n) is 6.51. The number of nitrogens with one attached hydrogen (secondary N) is 1. The Labute approximate surface area is 74.3 Å². The van der Waals surface area contributed by atoms with Gasteiger partial charge in [-0.3, -0.25) is 10.2 Å². The summed E-state index contributed by atoms with van der Waals surface area (Å²) in [4.78, 5) is 19.1. The number of carbonyl (C=O) groups is 1. The van der Waals surface area contributed by atoms with Gasteiger partial charge < -0.3 is 10.2 Å². The smallest absolute Gasteiger partial charge is 0.368 e. The Morgan fingerprint density at radius 2 is 2.31 bits per heavy atom. The number of aliphatic hydroxyl groups excluding tert-OH is 1. The van der Waals surface area contributed by atoms with E-state index >= 15 is 0 Å². The Kier molecular flexibility index (Phi) is 2.94. The minimum atomic E-state index is -3.07. The van der Waals surface area contributed by atoms with Crippen LogP contribution in [0.25, 0.3) is 0 Å². The first-order valence-electron chi connectivity index (χ1n) is 3.51. The molecular formula is C5H9NO6P. The number of aliphatic carboxylic acids is 1. The molecule has 1 fully saturated rings. The molecule has 3 atom stereocenters. The van der Waals surface area contributed by atoms with E-state index in [1.165, 1.54) is 0 Å². The quantitative estimate of drug-likeness (QED) is 0.432. The lowest BCUT2D eigenvalue weighted by molar-refractivity contribution is -0.166. The molecule has 0 saturated carbocycles. The van der Waals surface area contributed by atoms with Gasteiger partial charge in [0.25, 0.3) is 5.72 Å². The van der Waals surface area contributed by atoms with E-state index in [-0.39, 0.29) is 13.0 Å². The summed E-state index contributed by atoms with van der Waals surface area (Å²) in [5.41, 5.74) is -2.14. The van der Waals surface area contributed by atoms with Crippen LogP contribution in [0.4, 0.5) is 0 Å². The zero-order chi connectivity index (χ0) is 10.1. The van der Waals surface area contributed by atoms with Gasteiger partial charge in [0.1, 0.15) is 6.10 Å². The average Bonchev–Trinajstić information content (AvgIpc) is 2.32. The summed E-state index contributed by atoms with van der Waals surface area (Å²) in [6.07, 6.45) is -1.16. The van der Waals surface area contributed by atoms with Gasteiger partial charge in [-0.25, -0.2) is 13.9 Å². The number of hydrogen-bond donors (Lipinski definition) is 4. The monoisotopic (exact) mass is 210 g/mol. The van der Waals surface area contributed by atoms with E-state index in [4.69, 9.17) is 10.00 Å². The second-order valence-corrected chi connectivity index (χ2v) is 3.26. The summed E-state index contributed by atoms with van der Waals surface area (Å²) in [5, 5.41) is 20.3. The van der Waals surface area contributed by atoms with E-state index in [1.54, 1.807) is 0 Å². The topological polar surface area (TPSA) is 116 Å². The van der Waals surface area contributed by atoms with Gasteiger partial charge in [-0.15, -0.1) is 0 Å². The van der Waals surface area contributed by atoms with Crippen molar-refractivity contribution in [1.82, 2.24) is 5.32 Å². The van der Waals surface area contributed by atoms with Crippen LogP contribution in [0.15, 0.2) is 0 Å². The van der Waals surface area contributed by atoms with Crippen molar-refractivity contribution in [2.45, 2.75) is 18.2 Å². The highest BCUT2D eigenvalue weighted by Crippen LogP contribution is 2.31. The molecule has 0 amide bonds. The first-order valence-corrected chi connectivity index (χ1v) is 4.64. The largest absolute Gasteiger partial charge is 0.478 e. The number of carboxylic acids is 1. The molecule has 0 aromatic heterocycles. The second kappa shape index (κ2) is 3.65. The standard InChI is InChI=1S/C5H9NO6P/c7-3-1-2-6-5(3,4(8)9)12-13(10)11/h3,6-7H,1-2H2,(H,8,9)(H,10,11)/t3?,5-/m0/s1. The number of rotatable bonds is 3. The summed E-state index contributed by atoms with van der Waals surface area (Å²) < 4.78 is 14.6. The van der Waals surface area contributed by atoms with Crippen LogP contribution in [0.5, 0.6) is 0 Å². The van der Waals surface area contributed by atoms with Crippen LogP contribution in [0, 0.1) is 0 Å². The highest BCUT2D eigenvalue weighted by Gasteiger charge is 2.52. The van der Waals surface area contributed by atoms with E-state index in [0.29, 0.717) is 0 Å². The lowest BCUT2D eigenvalue weighted by Crippen LogP contribution is -2.55. The first-order chi connectivity index (χ1) is 5.99. The molecule has 1 heterocycles. The fourth-order valence-electron chi connectivity index (χ4n) is 1.19. The lowest BCUT2D eigenvalue weighted by Gasteiger charge is -2.25. The van der Waals surface area contributed by atoms with Gasteiger partial charge in [0, 0.05) is 6.54 Å². The van der Waals surface area contributed by atoms with Gasteiger partial charge in [0.05, 0.1) is 0 Å². The Morgan fingerprint density at radius 3 is 2.62 bits per heavy atom. The SMILES string of the molecule is O=C(O)[C@]1(O[P](=O)O)NCCC1O. The minimum Gasteiger partial charge on any atom is -0.478 e. The van der Waals surface area contributed by atoms with Crippen molar-refractivity contribution in [3.63, 3.8) is 0 Å². The van der Waals surface area contributed by atoms with Crippen LogP contribution in [0.1, 0.15) is 6.42 Å².